The maximum atomic E-state index is 2.43. The van der Waals surface area contributed by atoms with Crippen molar-refractivity contribution in [1.29, 1.82) is 0 Å². The summed E-state index contributed by atoms with van der Waals surface area (Å²) in [7, 11) is 0. The van der Waals surface area contributed by atoms with E-state index in [2.05, 4.69) is 33.3 Å². The Bertz CT molecular complexity index is 122. The first-order valence-corrected chi connectivity index (χ1v) is 3.72. The molecule has 1 aliphatic rings. The Kier molecular flexibility index (Phi) is 1.94. The van der Waals surface area contributed by atoms with Crippen LogP contribution in [-0.4, -0.2) is 0 Å². The van der Waals surface area contributed by atoms with E-state index in [0.29, 0.717) is 5.92 Å². The average molecular weight is 123 g/mol. The van der Waals surface area contributed by atoms with E-state index in [9.17, 15) is 0 Å². The third-order valence-corrected chi connectivity index (χ3v) is 2.15. The van der Waals surface area contributed by atoms with Crippen molar-refractivity contribution in [3.63, 3.8) is 0 Å². The van der Waals surface area contributed by atoms with Crippen molar-refractivity contribution in [3.8, 4) is 0 Å². The molecule has 9 heavy (non-hydrogen) atoms. The van der Waals surface area contributed by atoms with Gasteiger partial charge in [0.25, 0.3) is 0 Å². The minimum atomic E-state index is 0.716. The molecule has 51 valence electrons. The molecule has 1 rings (SSSR count). The van der Waals surface area contributed by atoms with Crippen LogP contribution in [0.4, 0.5) is 0 Å². The predicted octanol–water partition coefficient (Wildman–Crippen LogP) is 2.81. The molecular formula is C9H15. The van der Waals surface area contributed by atoms with Crippen LogP contribution in [0.3, 0.4) is 0 Å². The van der Waals surface area contributed by atoms with Gasteiger partial charge in [-0.1, -0.05) is 25.5 Å². The highest BCUT2D eigenvalue weighted by atomic mass is 14.2. The van der Waals surface area contributed by atoms with Gasteiger partial charge in [0.1, 0.15) is 0 Å². The molecule has 0 aromatic heterocycles. The first-order chi connectivity index (χ1) is 4.20. The number of hydrogen-bond donors (Lipinski definition) is 0. The molecule has 0 spiro atoms. The molecule has 0 aromatic carbocycles. The van der Waals surface area contributed by atoms with Crippen LogP contribution >= 0.6 is 0 Å². The summed E-state index contributed by atoms with van der Waals surface area (Å²) in [6, 6.07) is 0. The highest BCUT2D eigenvalue weighted by molar-refractivity contribution is 5.12. The SMILES string of the molecule is CC1=CCC(C)[CH]C1C. The largest absolute Gasteiger partial charge is 0.0851 e. The minimum absolute atomic E-state index is 0.716. The highest BCUT2D eigenvalue weighted by Gasteiger charge is 2.14. The van der Waals surface area contributed by atoms with Gasteiger partial charge in [0, 0.05) is 0 Å². The van der Waals surface area contributed by atoms with Crippen LogP contribution in [0, 0.1) is 18.3 Å². The van der Waals surface area contributed by atoms with Crippen LogP contribution in [0.25, 0.3) is 0 Å². The molecule has 0 heterocycles. The van der Waals surface area contributed by atoms with Gasteiger partial charge in [-0.25, -0.2) is 0 Å². The first-order valence-electron chi connectivity index (χ1n) is 3.72. The summed E-state index contributed by atoms with van der Waals surface area (Å²) < 4.78 is 0. The Hall–Kier alpha value is -0.260. The van der Waals surface area contributed by atoms with E-state index < -0.39 is 0 Å². The van der Waals surface area contributed by atoms with Crippen molar-refractivity contribution < 1.29 is 0 Å². The van der Waals surface area contributed by atoms with Crippen molar-refractivity contribution >= 4 is 0 Å². The van der Waals surface area contributed by atoms with E-state index >= 15 is 0 Å². The van der Waals surface area contributed by atoms with Crippen molar-refractivity contribution in [1.82, 2.24) is 0 Å². The van der Waals surface area contributed by atoms with Gasteiger partial charge < -0.3 is 0 Å². The Morgan fingerprint density at radius 2 is 2.11 bits per heavy atom. The van der Waals surface area contributed by atoms with Crippen molar-refractivity contribution in [2.45, 2.75) is 27.2 Å². The van der Waals surface area contributed by atoms with E-state index in [1.54, 1.807) is 0 Å². The Labute approximate surface area is 58.0 Å². The lowest BCUT2D eigenvalue weighted by atomic mass is 9.84. The highest BCUT2D eigenvalue weighted by Crippen LogP contribution is 2.26. The van der Waals surface area contributed by atoms with Crippen LogP contribution in [0.5, 0.6) is 0 Å². The fraction of sp³-hybridized carbons (Fsp3) is 0.667. The Morgan fingerprint density at radius 3 is 2.56 bits per heavy atom. The van der Waals surface area contributed by atoms with E-state index in [1.807, 2.05) is 0 Å². The van der Waals surface area contributed by atoms with Gasteiger partial charge in [-0.05, 0) is 31.6 Å². The summed E-state index contributed by atoms with van der Waals surface area (Å²) >= 11 is 0. The molecule has 2 unspecified atom stereocenters. The summed E-state index contributed by atoms with van der Waals surface area (Å²) in [4.78, 5) is 0. The molecule has 1 aliphatic carbocycles. The van der Waals surface area contributed by atoms with Gasteiger partial charge in [0.2, 0.25) is 0 Å². The van der Waals surface area contributed by atoms with Crippen LogP contribution in [0.15, 0.2) is 11.6 Å². The third kappa shape index (κ3) is 1.57. The molecule has 0 nitrogen and oxygen atoms in total. The summed E-state index contributed by atoms with van der Waals surface area (Å²) in [5, 5.41) is 0. The predicted molar refractivity (Wildman–Crippen MR) is 41.0 cm³/mol. The maximum absolute atomic E-state index is 2.43. The fourth-order valence-electron chi connectivity index (χ4n) is 1.28. The second-order valence-electron chi connectivity index (χ2n) is 3.14. The topological polar surface area (TPSA) is 0 Å². The number of rotatable bonds is 0. The quantitative estimate of drug-likeness (QED) is 0.434. The number of hydrogen-bond acceptors (Lipinski definition) is 0. The molecule has 0 heteroatoms. The van der Waals surface area contributed by atoms with E-state index in [-0.39, 0.29) is 0 Å². The Morgan fingerprint density at radius 1 is 1.44 bits per heavy atom. The summed E-state index contributed by atoms with van der Waals surface area (Å²) in [6.45, 7) is 6.76. The van der Waals surface area contributed by atoms with E-state index in [4.69, 9.17) is 0 Å². The molecule has 1 radical (unpaired) electrons. The average Bonchev–Trinajstić information content (AvgIpc) is 1.80. The minimum Gasteiger partial charge on any atom is -0.0851 e. The molecule has 2 atom stereocenters. The zero-order valence-corrected chi connectivity index (χ0v) is 6.52. The van der Waals surface area contributed by atoms with Crippen LogP contribution in [0.1, 0.15) is 27.2 Å². The van der Waals surface area contributed by atoms with E-state index in [0.717, 1.165) is 5.92 Å². The van der Waals surface area contributed by atoms with Gasteiger partial charge in [-0.3, -0.25) is 0 Å². The van der Waals surface area contributed by atoms with Crippen LogP contribution < -0.4 is 0 Å². The smallest absolute Gasteiger partial charge is 0.0200 e. The second kappa shape index (κ2) is 2.55. The van der Waals surface area contributed by atoms with Gasteiger partial charge >= 0.3 is 0 Å². The van der Waals surface area contributed by atoms with Crippen LogP contribution in [0.2, 0.25) is 0 Å². The normalized spacial score (nSPS) is 36.1. The molecule has 0 aromatic rings. The van der Waals surface area contributed by atoms with Gasteiger partial charge in [-0.15, -0.1) is 0 Å². The summed E-state index contributed by atoms with van der Waals surface area (Å²) in [5.74, 6) is 1.51. The summed E-state index contributed by atoms with van der Waals surface area (Å²) in [5.41, 5.74) is 1.54. The summed E-state index contributed by atoms with van der Waals surface area (Å²) in [6.07, 6.45) is 6.03. The zero-order valence-electron chi connectivity index (χ0n) is 6.52. The molecule has 0 aliphatic heterocycles. The second-order valence-corrected chi connectivity index (χ2v) is 3.14. The first kappa shape index (κ1) is 6.85. The van der Waals surface area contributed by atoms with Gasteiger partial charge in [0.15, 0.2) is 0 Å². The molecule has 0 saturated heterocycles. The lowest BCUT2D eigenvalue weighted by molar-refractivity contribution is 0.559. The molecule has 0 N–H and O–H groups in total. The van der Waals surface area contributed by atoms with Gasteiger partial charge in [0.05, 0.1) is 0 Å². The van der Waals surface area contributed by atoms with Crippen molar-refractivity contribution in [2.75, 3.05) is 0 Å². The zero-order chi connectivity index (χ0) is 6.85. The standard InChI is InChI=1S/C9H15/c1-7-4-5-8(2)9(3)6-7/h5-7,9H,4H2,1-3H3. The molecule has 0 amide bonds. The maximum Gasteiger partial charge on any atom is -0.0200 e. The third-order valence-electron chi connectivity index (χ3n) is 2.15. The molecule has 0 bridgehead atoms. The van der Waals surface area contributed by atoms with Crippen molar-refractivity contribution in [3.05, 3.63) is 18.1 Å². The monoisotopic (exact) mass is 123 g/mol. The van der Waals surface area contributed by atoms with Gasteiger partial charge in [-0.2, -0.15) is 0 Å². The lowest BCUT2D eigenvalue weighted by Crippen LogP contribution is -2.09. The number of allylic oxidation sites excluding steroid dienone is 2. The van der Waals surface area contributed by atoms with Crippen LogP contribution in [-0.2, 0) is 0 Å². The lowest BCUT2D eigenvalue weighted by Gasteiger charge is -2.21. The molecule has 0 fully saturated rings. The van der Waals surface area contributed by atoms with Crippen molar-refractivity contribution in [2.24, 2.45) is 11.8 Å². The molecular weight excluding hydrogens is 108 g/mol. The molecule has 0 saturated carbocycles. The fourth-order valence-corrected chi connectivity index (χ4v) is 1.28. The Balaban J connectivity index is 2.56. The van der Waals surface area contributed by atoms with E-state index in [1.165, 1.54) is 12.0 Å².